The van der Waals surface area contributed by atoms with E-state index in [1.165, 1.54) is 12.3 Å². The molecule has 2 aliphatic rings. The molecule has 7 nitrogen and oxygen atoms in total. The highest BCUT2D eigenvalue weighted by Crippen LogP contribution is 2.39. The lowest BCUT2D eigenvalue weighted by molar-refractivity contribution is -0.183. The number of aromatic nitrogens is 4. The fourth-order valence-electron chi connectivity index (χ4n) is 3.95. The molecule has 2 aliphatic heterocycles. The summed E-state index contributed by atoms with van der Waals surface area (Å²) < 4.78 is 69.4. The third kappa shape index (κ3) is 4.17. The Balaban J connectivity index is 1.69. The molecule has 13 heteroatoms. The molecule has 4 atom stereocenters. The van der Waals surface area contributed by atoms with Crippen molar-refractivity contribution in [3.63, 3.8) is 0 Å². The minimum Gasteiger partial charge on any atom is -0.335 e. The summed E-state index contributed by atoms with van der Waals surface area (Å²) in [7, 11) is 0. The monoisotopic (exact) mass is 465 g/mol. The molecule has 0 bridgehead atoms. The van der Waals surface area contributed by atoms with Crippen molar-refractivity contribution < 1.29 is 26.7 Å². The molecule has 2 aromatic rings. The van der Waals surface area contributed by atoms with Crippen molar-refractivity contribution in [1.82, 2.24) is 24.2 Å². The zero-order valence-electron chi connectivity index (χ0n) is 15.9. The molecular formula is C18H17ClF5N5O2. The SMILES string of the molecule is O=C([C@H]1C[C@@H](C(F)(F)F)Cc2nn(Cc3ccc(Cl)nc3)c(=O)n21)N1C[C@@H](F)[C@@H](F)C1. The van der Waals surface area contributed by atoms with Crippen LogP contribution in [0.1, 0.15) is 23.9 Å². The Labute approximate surface area is 177 Å². The van der Waals surface area contributed by atoms with Crippen LogP contribution in [0.2, 0.25) is 5.15 Å². The molecule has 0 unspecified atom stereocenters. The lowest BCUT2D eigenvalue weighted by Crippen LogP contribution is -2.45. The largest absolute Gasteiger partial charge is 0.392 e. The van der Waals surface area contributed by atoms with Gasteiger partial charge in [-0.05, 0) is 18.1 Å². The van der Waals surface area contributed by atoms with E-state index >= 15 is 0 Å². The molecule has 0 saturated carbocycles. The van der Waals surface area contributed by atoms with Crippen molar-refractivity contribution >= 4 is 17.5 Å². The number of alkyl halides is 5. The zero-order chi connectivity index (χ0) is 22.5. The Morgan fingerprint density at radius 1 is 1.19 bits per heavy atom. The lowest BCUT2D eigenvalue weighted by Gasteiger charge is -2.32. The van der Waals surface area contributed by atoms with Crippen LogP contribution in [-0.4, -0.2) is 61.7 Å². The smallest absolute Gasteiger partial charge is 0.335 e. The van der Waals surface area contributed by atoms with E-state index in [-0.39, 0.29) is 17.5 Å². The maximum Gasteiger partial charge on any atom is 0.392 e. The molecule has 168 valence electrons. The number of hydrogen-bond donors (Lipinski definition) is 0. The first kappa shape index (κ1) is 21.7. The van der Waals surface area contributed by atoms with Gasteiger partial charge in [-0.25, -0.2) is 23.2 Å². The molecule has 0 radical (unpaired) electrons. The van der Waals surface area contributed by atoms with E-state index in [1.807, 2.05) is 0 Å². The molecule has 1 amide bonds. The van der Waals surface area contributed by atoms with Crippen LogP contribution in [0.4, 0.5) is 22.0 Å². The first-order valence-electron chi connectivity index (χ1n) is 9.47. The highest BCUT2D eigenvalue weighted by Gasteiger charge is 2.49. The van der Waals surface area contributed by atoms with Crippen molar-refractivity contribution in [1.29, 1.82) is 0 Å². The Hall–Kier alpha value is -2.50. The van der Waals surface area contributed by atoms with E-state index in [9.17, 15) is 31.5 Å². The molecule has 2 aromatic heterocycles. The fourth-order valence-corrected chi connectivity index (χ4v) is 4.06. The summed E-state index contributed by atoms with van der Waals surface area (Å²) >= 11 is 5.72. The third-order valence-corrected chi connectivity index (χ3v) is 5.78. The van der Waals surface area contributed by atoms with Crippen molar-refractivity contribution in [2.75, 3.05) is 13.1 Å². The molecule has 4 rings (SSSR count). The minimum absolute atomic E-state index is 0.0938. The fraction of sp³-hybridized carbons (Fsp3) is 0.556. The molecule has 0 N–H and O–H groups in total. The second kappa shape index (κ2) is 7.88. The zero-order valence-corrected chi connectivity index (χ0v) is 16.7. The number of pyridine rings is 1. The average Bonchev–Trinajstić information content (AvgIpc) is 3.21. The number of hydrogen-bond acceptors (Lipinski definition) is 4. The van der Waals surface area contributed by atoms with Crippen LogP contribution in [0.15, 0.2) is 23.1 Å². The first-order valence-corrected chi connectivity index (χ1v) is 9.84. The molecular weight excluding hydrogens is 449 g/mol. The number of fused-ring (bicyclic) bond motifs is 1. The van der Waals surface area contributed by atoms with Gasteiger partial charge in [-0.2, -0.15) is 18.3 Å². The van der Waals surface area contributed by atoms with Gasteiger partial charge in [0.2, 0.25) is 5.91 Å². The van der Waals surface area contributed by atoms with Crippen LogP contribution in [-0.2, 0) is 17.8 Å². The molecule has 0 aliphatic carbocycles. The number of carbonyl (C=O) groups is 1. The van der Waals surface area contributed by atoms with Gasteiger partial charge < -0.3 is 4.90 Å². The van der Waals surface area contributed by atoms with Crippen LogP contribution in [0.3, 0.4) is 0 Å². The lowest BCUT2D eigenvalue weighted by atomic mass is 9.91. The van der Waals surface area contributed by atoms with Gasteiger partial charge in [0.25, 0.3) is 0 Å². The van der Waals surface area contributed by atoms with Crippen LogP contribution < -0.4 is 5.69 Å². The molecule has 1 saturated heterocycles. The van der Waals surface area contributed by atoms with Crippen molar-refractivity contribution in [2.45, 2.75) is 43.9 Å². The van der Waals surface area contributed by atoms with E-state index in [0.29, 0.717) is 5.56 Å². The van der Waals surface area contributed by atoms with Crippen LogP contribution in [0.25, 0.3) is 0 Å². The second-order valence-corrected chi connectivity index (χ2v) is 8.07. The van der Waals surface area contributed by atoms with Gasteiger partial charge in [-0.15, -0.1) is 0 Å². The number of carbonyl (C=O) groups excluding carboxylic acids is 1. The molecule has 31 heavy (non-hydrogen) atoms. The van der Waals surface area contributed by atoms with E-state index < -0.39 is 68.0 Å². The maximum atomic E-state index is 13.6. The van der Waals surface area contributed by atoms with Crippen molar-refractivity contribution in [3.05, 3.63) is 45.4 Å². The van der Waals surface area contributed by atoms with Crippen molar-refractivity contribution in [2.24, 2.45) is 5.92 Å². The third-order valence-electron chi connectivity index (χ3n) is 5.55. The van der Waals surface area contributed by atoms with E-state index in [2.05, 4.69) is 10.1 Å². The topological polar surface area (TPSA) is 73.0 Å². The summed E-state index contributed by atoms with van der Waals surface area (Å²) in [5.41, 5.74) is -0.256. The summed E-state index contributed by atoms with van der Waals surface area (Å²) in [6.45, 7) is -1.23. The summed E-state index contributed by atoms with van der Waals surface area (Å²) in [6, 6.07) is 1.52. The summed E-state index contributed by atoms with van der Waals surface area (Å²) in [4.78, 5) is 30.5. The quantitative estimate of drug-likeness (QED) is 0.515. The Bertz CT molecular complexity index is 1030. The van der Waals surface area contributed by atoms with Gasteiger partial charge in [0.05, 0.1) is 25.6 Å². The van der Waals surface area contributed by atoms with Gasteiger partial charge in [-0.1, -0.05) is 17.7 Å². The maximum absolute atomic E-state index is 13.6. The Morgan fingerprint density at radius 3 is 2.45 bits per heavy atom. The van der Waals surface area contributed by atoms with Gasteiger partial charge in [0, 0.05) is 12.6 Å². The predicted octanol–water partition coefficient (Wildman–Crippen LogP) is 2.33. The molecule has 0 aromatic carbocycles. The second-order valence-electron chi connectivity index (χ2n) is 7.68. The predicted molar refractivity (Wildman–Crippen MR) is 98.1 cm³/mol. The van der Waals surface area contributed by atoms with Gasteiger partial charge >= 0.3 is 11.9 Å². The van der Waals surface area contributed by atoms with E-state index in [4.69, 9.17) is 11.6 Å². The van der Waals surface area contributed by atoms with Gasteiger partial charge in [-0.3, -0.25) is 9.36 Å². The summed E-state index contributed by atoms with van der Waals surface area (Å²) in [5, 5.41) is 4.23. The Morgan fingerprint density at radius 2 is 1.87 bits per heavy atom. The first-order chi connectivity index (χ1) is 14.5. The van der Waals surface area contributed by atoms with Gasteiger partial charge in [0.1, 0.15) is 17.0 Å². The minimum atomic E-state index is -4.63. The average molecular weight is 466 g/mol. The number of nitrogens with zero attached hydrogens (tertiary/aromatic N) is 5. The summed E-state index contributed by atoms with van der Waals surface area (Å²) in [6.07, 6.45) is -8.34. The van der Waals surface area contributed by atoms with Crippen LogP contribution in [0, 0.1) is 5.92 Å². The number of halogens is 6. The van der Waals surface area contributed by atoms with E-state index in [0.717, 1.165) is 14.1 Å². The number of likely N-dealkylation sites (tertiary alicyclic amines) is 1. The van der Waals surface area contributed by atoms with E-state index in [1.54, 1.807) is 6.07 Å². The van der Waals surface area contributed by atoms with Crippen molar-refractivity contribution in [3.8, 4) is 0 Å². The van der Waals surface area contributed by atoms with Crippen LogP contribution in [0.5, 0.6) is 0 Å². The standard InChI is InChI=1S/C18H17ClF5N5O2/c19-14-2-1-9(5-25-14)6-28-17(31)29-13(16(30)27-7-11(20)12(21)8-27)3-10(18(22,23)24)4-15(29)26-28/h1-2,5,10-13H,3-4,6-8H2/t10-,11-,12+,13-/m1/s1. The van der Waals surface area contributed by atoms with Gasteiger partial charge in [0.15, 0.2) is 12.3 Å². The highest BCUT2D eigenvalue weighted by atomic mass is 35.5. The molecule has 0 spiro atoms. The molecule has 4 heterocycles. The highest BCUT2D eigenvalue weighted by molar-refractivity contribution is 6.29. The van der Waals surface area contributed by atoms with Crippen LogP contribution >= 0.6 is 11.6 Å². The normalized spacial score (nSPS) is 26.2. The number of amides is 1. The number of rotatable bonds is 3. The molecule has 1 fully saturated rings. The summed E-state index contributed by atoms with van der Waals surface area (Å²) in [5.74, 6) is -3.04. The Kier molecular flexibility index (Phi) is 5.52.